The monoisotopic (exact) mass is 239 g/mol. The number of nitrogens with one attached hydrogen (secondary N) is 1. The van der Waals surface area contributed by atoms with Gasteiger partial charge in [0.15, 0.2) is 5.13 Å². The molecule has 1 aromatic heterocycles. The van der Waals surface area contributed by atoms with E-state index in [9.17, 15) is 0 Å². The van der Waals surface area contributed by atoms with E-state index in [1.54, 1.807) is 11.3 Å². The Morgan fingerprint density at radius 1 is 1.50 bits per heavy atom. The second kappa shape index (κ2) is 4.31. The van der Waals surface area contributed by atoms with E-state index in [1.807, 2.05) is 7.05 Å². The Kier molecular flexibility index (Phi) is 2.83. The highest BCUT2D eigenvalue weighted by Gasteiger charge is 2.34. The molecule has 2 aliphatic rings. The molecule has 3 heterocycles. The Morgan fingerprint density at radius 2 is 2.25 bits per heavy atom. The van der Waals surface area contributed by atoms with Crippen molar-refractivity contribution < 1.29 is 4.74 Å². The maximum Gasteiger partial charge on any atom is 0.185 e. The molecule has 2 bridgehead atoms. The van der Waals surface area contributed by atoms with Gasteiger partial charge in [0.1, 0.15) is 0 Å². The number of fused-ring (bicyclic) bond motifs is 2. The van der Waals surface area contributed by atoms with Crippen LogP contribution in [0.4, 0.5) is 5.13 Å². The third kappa shape index (κ3) is 1.95. The van der Waals surface area contributed by atoms with Crippen LogP contribution in [0.15, 0.2) is 5.38 Å². The predicted molar refractivity (Wildman–Crippen MR) is 65.0 cm³/mol. The lowest BCUT2D eigenvalue weighted by Crippen LogP contribution is -2.42. The summed E-state index contributed by atoms with van der Waals surface area (Å²) in [5, 5.41) is 6.43. The molecular weight excluding hydrogens is 222 g/mol. The van der Waals surface area contributed by atoms with E-state index in [4.69, 9.17) is 4.74 Å². The lowest BCUT2D eigenvalue weighted by molar-refractivity contribution is 0.0305. The molecule has 2 fully saturated rings. The van der Waals surface area contributed by atoms with Crippen molar-refractivity contribution in [3.8, 4) is 0 Å². The van der Waals surface area contributed by atoms with Crippen LogP contribution in [0, 0.1) is 0 Å². The van der Waals surface area contributed by atoms with Crippen LogP contribution in [0.3, 0.4) is 0 Å². The normalized spacial score (nSPS) is 28.7. The number of nitrogens with zero attached hydrogens (tertiary/aromatic N) is 2. The predicted octanol–water partition coefficient (Wildman–Crippen LogP) is 1.23. The molecule has 0 aromatic carbocycles. The van der Waals surface area contributed by atoms with Gasteiger partial charge in [-0.1, -0.05) is 0 Å². The minimum atomic E-state index is 0.440. The van der Waals surface area contributed by atoms with Crippen LogP contribution in [-0.4, -0.2) is 37.3 Å². The molecule has 1 aromatic rings. The maximum atomic E-state index is 5.83. The van der Waals surface area contributed by atoms with Gasteiger partial charge in [-0.25, -0.2) is 4.98 Å². The van der Waals surface area contributed by atoms with Gasteiger partial charge in [-0.2, -0.15) is 0 Å². The van der Waals surface area contributed by atoms with E-state index in [0.717, 1.165) is 30.5 Å². The Bertz CT molecular complexity index is 356. The van der Waals surface area contributed by atoms with Gasteiger partial charge in [0.05, 0.1) is 17.9 Å². The number of hydrogen-bond acceptors (Lipinski definition) is 5. The summed E-state index contributed by atoms with van der Waals surface area (Å²) < 4.78 is 5.83. The van der Waals surface area contributed by atoms with E-state index < -0.39 is 0 Å². The number of hydrogen-bond donors (Lipinski definition) is 1. The SMILES string of the molecule is CNCc1csc(N2CC3CCC(C2)O3)n1. The largest absolute Gasteiger partial charge is 0.371 e. The van der Waals surface area contributed by atoms with Crippen molar-refractivity contribution in [3.63, 3.8) is 0 Å². The molecule has 3 rings (SSSR count). The summed E-state index contributed by atoms with van der Waals surface area (Å²) >= 11 is 1.75. The van der Waals surface area contributed by atoms with Gasteiger partial charge in [-0.05, 0) is 19.9 Å². The Hall–Kier alpha value is -0.650. The lowest BCUT2D eigenvalue weighted by atomic mass is 10.2. The molecule has 1 N–H and O–H groups in total. The first kappa shape index (κ1) is 10.5. The Morgan fingerprint density at radius 3 is 2.94 bits per heavy atom. The van der Waals surface area contributed by atoms with Crippen molar-refractivity contribution in [1.29, 1.82) is 0 Å². The number of rotatable bonds is 3. The van der Waals surface area contributed by atoms with E-state index in [0.29, 0.717) is 12.2 Å². The molecule has 4 nitrogen and oxygen atoms in total. The fourth-order valence-corrected chi connectivity index (χ4v) is 3.32. The summed E-state index contributed by atoms with van der Waals surface area (Å²) in [5.74, 6) is 0. The average molecular weight is 239 g/mol. The Balaban J connectivity index is 1.71. The zero-order valence-electron chi connectivity index (χ0n) is 9.48. The van der Waals surface area contributed by atoms with Crippen molar-refractivity contribution in [2.75, 3.05) is 25.0 Å². The summed E-state index contributed by atoms with van der Waals surface area (Å²) in [6.07, 6.45) is 3.32. The van der Waals surface area contributed by atoms with Crippen molar-refractivity contribution >= 4 is 16.5 Å². The topological polar surface area (TPSA) is 37.4 Å². The van der Waals surface area contributed by atoms with Crippen molar-refractivity contribution in [1.82, 2.24) is 10.3 Å². The zero-order valence-corrected chi connectivity index (χ0v) is 10.3. The van der Waals surface area contributed by atoms with Crippen LogP contribution in [0.2, 0.25) is 0 Å². The number of ether oxygens (including phenoxy) is 1. The molecular formula is C11H17N3OS. The number of anilines is 1. The third-order valence-electron chi connectivity index (χ3n) is 3.21. The minimum Gasteiger partial charge on any atom is -0.371 e. The number of morpholine rings is 1. The van der Waals surface area contributed by atoms with E-state index in [-0.39, 0.29) is 0 Å². The molecule has 2 unspecified atom stereocenters. The molecule has 88 valence electrons. The van der Waals surface area contributed by atoms with Crippen LogP contribution in [-0.2, 0) is 11.3 Å². The number of thiazole rings is 1. The van der Waals surface area contributed by atoms with E-state index in [1.165, 1.54) is 12.8 Å². The molecule has 0 spiro atoms. The van der Waals surface area contributed by atoms with Crippen LogP contribution in [0.25, 0.3) is 0 Å². The molecule has 5 heteroatoms. The molecule has 0 amide bonds. The summed E-state index contributed by atoms with van der Waals surface area (Å²) in [5.41, 5.74) is 1.14. The van der Waals surface area contributed by atoms with Gasteiger partial charge >= 0.3 is 0 Å². The first-order valence-electron chi connectivity index (χ1n) is 5.84. The zero-order chi connectivity index (χ0) is 11.0. The second-order valence-corrected chi connectivity index (χ2v) is 5.35. The summed E-state index contributed by atoms with van der Waals surface area (Å²) in [7, 11) is 1.95. The van der Waals surface area contributed by atoms with Gasteiger partial charge in [-0.3, -0.25) is 0 Å². The van der Waals surface area contributed by atoms with Gasteiger partial charge in [-0.15, -0.1) is 11.3 Å². The Labute approximate surface area is 99.6 Å². The lowest BCUT2D eigenvalue weighted by Gasteiger charge is -2.31. The summed E-state index contributed by atoms with van der Waals surface area (Å²) in [6.45, 7) is 2.89. The molecule has 16 heavy (non-hydrogen) atoms. The second-order valence-electron chi connectivity index (χ2n) is 4.51. The molecule has 0 saturated carbocycles. The first-order valence-corrected chi connectivity index (χ1v) is 6.72. The highest BCUT2D eigenvalue weighted by Crippen LogP contribution is 2.31. The fourth-order valence-electron chi connectivity index (χ4n) is 2.47. The highest BCUT2D eigenvalue weighted by atomic mass is 32.1. The quantitative estimate of drug-likeness (QED) is 0.861. The average Bonchev–Trinajstić information content (AvgIpc) is 2.87. The van der Waals surface area contributed by atoms with E-state index in [2.05, 4.69) is 20.6 Å². The van der Waals surface area contributed by atoms with Gasteiger partial charge in [0.2, 0.25) is 0 Å². The van der Waals surface area contributed by atoms with Gasteiger partial charge < -0.3 is 15.0 Å². The molecule has 2 atom stereocenters. The van der Waals surface area contributed by atoms with Crippen LogP contribution < -0.4 is 10.2 Å². The minimum absolute atomic E-state index is 0.440. The van der Waals surface area contributed by atoms with Crippen molar-refractivity contribution in [3.05, 3.63) is 11.1 Å². The summed E-state index contributed by atoms with van der Waals surface area (Å²) in [4.78, 5) is 7.03. The maximum absolute atomic E-state index is 5.83. The van der Waals surface area contributed by atoms with Crippen molar-refractivity contribution in [2.45, 2.75) is 31.6 Å². The number of aromatic nitrogens is 1. The molecule has 0 aliphatic carbocycles. The summed E-state index contributed by atoms with van der Waals surface area (Å²) in [6, 6.07) is 0. The molecule has 2 saturated heterocycles. The highest BCUT2D eigenvalue weighted by molar-refractivity contribution is 7.13. The smallest absolute Gasteiger partial charge is 0.185 e. The molecule has 0 radical (unpaired) electrons. The molecule has 2 aliphatic heterocycles. The van der Waals surface area contributed by atoms with Crippen LogP contribution in [0.1, 0.15) is 18.5 Å². The van der Waals surface area contributed by atoms with E-state index >= 15 is 0 Å². The van der Waals surface area contributed by atoms with Crippen LogP contribution >= 0.6 is 11.3 Å². The van der Waals surface area contributed by atoms with Gasteiger partial charge in [0, 0.05) is 25.0 Å². The van der Waals surface area contributed by atoms with Crippen LogP contribution in [0.5, 0.6) is 0 Å². The first-order chi connectivity index (χ1) is 7.85. The standard InChI is InChI=1S/C11H17N3OS/c1-12-4-8-7-16-11(13-8)14-5-9-2-3-10(6-14)15-9/h7,9-10,12H,2-6H2,1H3. The third-order valence-corrected chi connectivity index (χ3v) is 4.16. The van der Waals surface area contributed by atoms with Gasteiger partial charge in [0.25, 0.3) is 0 Å². The van der Waals surface area contributed by atoms with Crippen molar-refractivity contribution in [2.24, 2.45) is 0 Å². The fraction of sp³-hybridized carbons (Fsp3) is 0.727.